The van der Waals surface area contributed by atoms with Crippen LogP contribution in [0, 0.1) is 0 Å². The second-order valence-corrected chi connectivity index (χ2v) is 6.68. The van der Waals surface area contributed by atoms with Crippen molar-refractivity contribution in [2.45, 2.75) is 6.17 Å². The maximum Gasteiger partial charge on any atom is 0.216 e. The summed E-state index contributed by atoms with van der Waals surface area (Å²) < 4.78 is 7.45. The summed E-state index contributed by atoms with van der Waals surface area (Å²) in [6, 6.07) is 12.2. The number of imidazole rings is 1. The summed E-state index contributed by atoms with van der Waals surface area (Å²) in [5.74, 6) is 1.74. The second-order valence-electron chi connectivity index (χ2n) is 6.68. The first-order valence-corrected chi connectivity index (χ1v) is 9.02. The third-order valence-corrected chi connectivity index (χ3v) is 4.97. The maximum absolute atomic E-state index is 5.22. The number of nitrogens with one attached hydrogen (secondary N) is 1. The van der Waals surface area contributed by atoms with Crippen LogP contribution in [0.25, 0.3) is 11.0 Å². The van der Waals surface area contributed by atoms with Crippen molar-refractivity contribution in [3.63, 3.8) is 0 Å². The van der Waals surface area contributed by atoms with E-state index in [1.54, 1.807) is 13.3 Å². The Morgan fingerprint density at radius 3 is 3.00 bits per heavy atom. The molecule has 1 atom stereocenters. The van der Waals surface area contributed by atoms with Crippen molar-refractivity contribution in [1.29, 1.82) is 0 Å². The molecule has 0 unspecified atom stereocenters. The number of para-hydroxylation sites is 2. The van der Waals surface area contributed by atoms with Crippen LogP contribution in [-0.4, -0.2) is 59.0 Å². The van der Waals surface area contributed by atoms with Crippen LogP contribution in [0.5, 0.6) is 0 Å². The molecule has 3 aromatic rings. The van der Waals surface area contributed by atoms with Crippen LogP contribution in [0.1, 0.15) is 11.7 Å². The molecule has 0 bridgehead atoms. The number of hydrogen-bond acceptors (Lipinski definition) is 7. The fraction of sp³-hybridized carbons (Fsp3) is 0.316. The molecule has 8 nitrogen and oxygen atoms in total. The molecule has 0 spiro atoms. The zero-order valence-electron chi connectivity index (χ0n) is 15.1. The van der Waals surface area contributed by atoms with Gasteiger partial charge in [0.1, 0.15) is 6.17 Å². The van der Waals surface area contributed by atoms with Gasteiger partial charge in [-0.3, -0.25) is 19.4 Å². The molecule has 0 aliphatic carbocycles. The molecule has 4 heterocycles. The molecule has 8 heteroatoms. The molecule has 0 saturated heterocycles. The number of pyridine rings is 1. The molecule has 138 valence electrons. The first-order chi connectivity index (χ1) is 13.3. The normalized spacial score (nSPS) is 19.4. The Kier molecular flexibility index (Phi) is 3.99. The van der Waals surface area contributed by atoms with E-state index in [9.17, 15) is 0 Å². The van der Waals surface area contributed by atoms with E-state index in [0.29, 0.717) is 13.3 Å². The fourth-order valence-electron chi connectivity index (χ4n) is 3.64. The molecule has 27 heavy (non-hydrogen) atoms. The molecular formula is C19H21N7O. The molecule has 2 aliphatic heterocycles. The lowest BCUT2D eigenvalue weighted by atomic mass is 10.2. The average molecular weight is 363 g/mol. The second kappa shape index (κ2) is 6.64. The van der Waals surface area contributed by atoms with Gasteiger partial charge in [-0.15, -0.1) is 0 Å². The Balaban J connectivity index is 1.62. The number of aromatic nitrogens is 3. The van der Waals surface area contributed by atoms with Gasteiger partial charge in [0.15, 0.2) is 0 Å². The van der Waals surface area contributed by atoms with Crippen LogP contribution in [-0.2, 0) is 4.74 Å². The zero-order chi connectivity index (χ0) is 18.2. The first kappa shape index (κ1) is 16.2. The van der Waals surface area contributed by atoms with E-state index < -0.39 is 0 Å². The van der Waals surface area contributed by atoms with E-state index in [2.05, 4.69) is 36.8 Å². The quantitative estimate of drug-likeness (QED) is 0.760. The standard InChI is InChI=1S/C19H21N7O/c1-27-10-9-24-12-21-18-23-17(14-5-4-8-20-11-14)26-16-7-3-2-6-15(16)22-19(26)25(18)13-24/h2-8,11,17H,9-10,12-13H2,1H3,(H,21,23)/t17-/m0/s1. The minimum Gasteiger partial charge on any atom is -0.383 e. The van der Waals surface area contributed by atoms with Gasteiger partial charge >= 0.3 is 0 Å². The van der Waals surface area contributed by atoms with Crippen LogP contribution < -0.4 is 10.2 Å². The van der Waals surface area contributed by atoms with Crippen molar-refractivity contribution in [2.75, 3.05) is 38.5 Å². The minimum absolute atomic E-state index is 0.0957. The lowest BCUT2D eigenvalue weighted by Crippen LogP contribution is -2.57. The highest BCUT2D eigenvalue weighted by Crippen LogP contribution is 2.33. The first-order valence-electron chi connectivity index (χ1n) is 9.02. The van der Waals surface area contributed by atoms with Gasteiger partial charge in [-0.1, -0.05) is 18.2 Å². The number of guanidine groups is 1. The average Bonchev–Trinajstić information content (AvgIpc) is 3.12. The summed E-state index contributed by atoms with van der Waals surface area (Å²) in [4.78, 5) is 18.3. The van der Waals surface area contributed by atoms with Crippen molar-refractivity contribution in [3.8, 4) is 0 Å². The monoisotopic (exact) mass is 363 g/mol. The molecular weight excluding hydrogens is 342 g/mol. The smallest absolute Gasteiger partial charge is 0.216 e. The summed E-state index contributed by atoms with van der Waals surface area (Å²) in [6.07, 6.45) is 3.58. The Hall–Kier alpha value is -2.97. The highest BCUT2D eigenvalue weighted by atomic mass is 16.5. The van der Waals surface area contributed by atoms with Gasteiger partial charge in [-0.05, 0) is 18.2 Å². The summed E-state index contributed by atoms with van der Waals surface area (Å²) in [7, 11) is 1.72. The summed E-state index contributed by atoms with van der Waals surface area (Å²) in [5, 5.41) is 3.58. The molecule has 2 aromatic heterocycles. The molecule has 0 saturated carbocycles. The van der Waals surface area contributed by atoms with Crippen molar-refractivity contribution >= 4 is 22.9 Å². The van der Waals surface area contributed by atoms with Gasteiger partial charge in [-0.25, -0.2) is 9.98 Å². The minimum atomic E-state index is -0.0957. The molecule has 0 fully saturated rings. The van der Waals surface area contributed by atoms with Gasteiger partial charge in [-0.2, -0.15) is 0 Å². The topological polar surface area (TPSA) is 70.8 Å². The van der Waals surface area contributed by atoms with Gasteiger partial charge in [0, 0.05) is 31.6 Å². The lowest BCUT2D eigenvalue weighted by Gasteiger charge is -2.41. The zero-order valence-corrected chi connectivity index (χ0v) is 15.1. The largest absolute Gasteiger partial charge is 0.383 e. The highest BCUT2D eigenvalue weighted by Gasteiger charge is 2.35. The van der Waals surface area contributed by atoms with Crippen LogP contribution in [0.2, 0.25) is 0 Å². The third-order valence-electron chi connectivity index (χ3n) is 4.97. The van der Waals surface area contributed by atoms with Crippen LogP contribution in [0.15, 0.2) is 53.8 Å². The fourth-order valence-corrected chi connectivity index (χ4v) is 3.64. The number of nitrogens with zero attached hydrogens (tertiary/aromatic N) is 6. The SMILES string of the molecule is COCCN1CN=C2N[C@H](c3cccnc3)n3c(nc4ccccc43)N2C1. The van der Waals surface area contributed by atoms with E-state index in [1.807, 2.05) is 30.5 Å². The Morgan fingerprint density at radius 1 is 1.22 bits per heavy atom. The molecule has 1 aromatic carbocycles. The summed E-state index contributed by atoms with van der Waals surface area (Å²) in [6.45, 7) is 2.87. The number of fused-ring (bicyclic) bond motifs is 5. The number of ether oxygens (including phenoxy) is 1. The predicted molar refractivity (Wildman–Crippen MR) is 103 cm³/mol. The van der Waals surface area contributed by atoms with E-state index in [1.165, 1.54) is 0 Å². The van der Waals surface area contributed by atoms with E-state index in [0.717, 1.165) is 41.7 Å². The lowest BCUT2D eigenvalue weighted by molar-refractivity contribution is 0.147. The Morgan fingerprint density at radius 2 is 2.15 bits per heavy atom. The van der Waals surface area contributed by atoms with Crippen LogP contribution in [0.4, 0.5) is 5.95 Å². The van der Waals surface area contributed by atoms with Crippen LogP contribution in [0.3, 0.4) is 0 Å². The summed E-state index contributed by atoms with van der Waals surface area (Å²) in [5.41, 5.74) is 3.13. The summed E-state index contributed by atoms with van der Waals surface area (Å²) >= 11 is 0. The van der Waals surface area contributed by atoms with Gasteiger partial charge in [0.05, 0.1) is 31.0 Å². The van der Waals surface area contributed by atoms with E-state index >= 15 is 0 Å². The number of aliphatic imine (C=N–C) groups is 1. The molecule has 1 N–H and O–H groups in total. The highest BCUT2D eigenvalue weighted by molar-refractivity contribution is 5.98. The van der Waals surface area contributed by atoms with Gasteiger partial charge in [0.25, 0.3) is 0 Å². The Bertz CT molecular complexity index is 984. The number of anilines is 1. The van der Waals surface area contributed by atoms with E-state index in [4.69, 9.17) is 14.7 Å². The molecule has 0 amide bonds. The number of rotatable bonds is 4. The third kappa shape index (κ3) is 2.73. The van der Waals surface area contributed by atoms with Crippen LogP contribution >= 0.6 is 0 Å². The van der Waals surface area contributed by atoms with E-state index in [-0.39, 0.29) is 6.17 Å². The predicted octanol–water partition coefficient (Wildman–Crippen LogP) is 1.62. The van der Waals surface area contributed by atoms with Crippen molar-refractivity contribution in [1.82, 2.24) is 24.8 Å². The molecule has 0 radical (unpaired) electrons. The molecule has 2 aliphatic rings. The Labute approximate surface area is 157 Å². The van der Waals surface area contributed by atoms with Crippen molar-refractivity contribution < 1.29 is 4.74 Å². The van der Waals surface area contributed by atoms with Crippen molar-refractivity contribution in [2.24, 2.45) is 4.99 Å². The number of methoxy groups -OCH3 is 1. The van der Waals surface area contributed by atoms with Gasteiger partial charge < -0.3 is 10.1 Å². The number of hydrogen-bond donors (Lipinski definition) is 1. The van der Waals surface area contributed by atoms with Gasteiger partial charge in [0.2, 0.25) is 11.9 Å². The van der Waals surface area contributed by atoms with Crippen molar-refractivity contribution in [3.05, 3.63) is 54.4 Å². The maximum atomic E-state index is 5.22. The molecule has 5 rings (SSSR count). The number of benzene rings is 1.